The average molecular weight is 256 g/mol. The zero-order valence-electron chi connectivity index (χ0n) is 9.81. The molecule has 0 saturated heterocycles. The number of hydrogen-bond acceptors (Lipinski definition) is 4. The van der Waals surface area contributed by atoms with Gasteiger partial charge in [-0.1, -0.05) is 0 Å². The van der Waals surface area contributed by atoms with E-state index in [9.17, 15) is 4.39 Å². The largest absolute Gasteiger partial charge is 0.454 e. The summed E-state index contributed by atoms with van der Waals surface area (Å²) in [6.45, 7) is 0.206. The Morgan fingerprint density at radius 2 is 1.89 bits per heavy atom. The van der Waals surface area contributed by atoms with E-state index in [0.717, 1.165) is 5.69 Å². The fourth-order valence-electron chi connectivity index (χ4n) is 1.87. The number of ether oxygens (including phenoxy) is 2. The van der Waals surface area contributed by atoms with E-state index >= 15 is 0 Å². The number of halogens is 1. The van der Waals surface area contributed by atoms with Crippen LogP contribution in [0.4, 0.5) is 15.8 Å². The maximum absolute atomic E-state index is 13.3. The first-order valence-electron chi connectivity index (χ1n) is 5.62. The molecule has 0 amide bonds. The molecule has 0 bridgehead atoms. The van der Waals surface area contributed by atoms with Crippen molar-refractivity contribution in [3.63, 3.8) is 0 Å². The summed E-state index contributed by atoms with van der Waals surface area (Å²) in [5.41, 5.74) is 1.51. The van der Waals surface area contributed by atoms with Gasteiger partial charge >= 0.3 is 0 Å². The normalized spacial score (nSPS) is 12.0. The molecule has 1 N–H and O–H groups in total. The molecule has 0 spiro atoms. The lowest BCUT2D eigenvalue weighted by atomic mass is 10.2. The van der Waals surface area contributed by atoms with Gasteiger partial charge < -0.3 is 14.8 Å². The lowest BCUT2D eigenvalue weighted by molar-refractivity contribution is 0.174. The molecule has 2 aromatic carbocycles. The lowest BCUT2D eigenvalue weighted by Gasteiger charge is -2.07. The molecule has 1 heterocycles. The van der Waals surface area contributed by atoms with Gasteiger partial charge in [-0.25, -0.2) is 4.39 Å². The molecule has 5 heteroatoms. The van der Waals surface area contributed by atoms with E-state index in [-0.39, 0.29) is 12.4 Å². The third kappa shape index (κ3) is 2.29. The fourth-order valence-corrected chi connectivity index (χ4v) is 1.87. The second kappa shape index (κ2) is 4.50. The Labute approximate surface area is 109 Å². The Kier molecular flexibility index (Phi) is 2.69. The second-order valence-corrected chi connectivity index (χ2v) is 4.03. The molecule has 0 aromatic heterocycles. The van der Waals surface area contributed by atoms with Crippen molar-refractivity contribution in [2.45, 2.75) is 0 Å². The highest BCUT2D eigenvalue weighted by atomic mass is 19.1. The summed E-state index contributed by atoms with van der Waals surface area (Å²) in [5, 5.41) is 11.8. The molecule has 3 rings (SSSR count). The van der Waals surface area contributed by atoms with E-state index in [1.807, 2.05) is 6.07 Å². The van der Waals surface area contributed by atoms with E-state index < -0.39 is 5.82 Å². The topological polar surface area (TPSA) is 54.3 Å². The van der Waals surface area contributed by atoms with Crippen molar-refractivity contribution in [3.8, 4) is 17.6 Å². The van der Waals surface area contributed by atoms with E-state index in [4.69, 9.17) is 14.7 Å². The number of nitrogens with one attached hydrogen (secondary N) is 1. The highest BCUT2D eigenvalue weighted by Gasteiger charge is 2.13. The number of rotatable bonds is 2. The summed E-state index contributed by atoms with van der Waals surface area (Å²) < 4.78 is 23.8. The molecule has 0 fully saturated rings. The van der Waals surface area contributed by atoms with E-state index in [1.165, 1.54) is 12.1 Å². The van der Waals surface area contributed by atoms with Gasteiger partial charge in [0.1, 0.15) is 5.82 Å². The van der Waals surface area contributed by atoms with Crippen LogP contribution in [0.3, 0.4) is 0 Å². The number of nitriles is 1. The van der Waals surface area contributed by atoms with Crippen LogP contribution in [0, 0.1) is 17.1 Å². The SMILES string of the molecule is N#Cc1cc(F)cc(Nc2ccc3c(c2)OCO3)c1. The summed E-state index contributed by atoms with van der Waals surface area (Å²) in [4.78, 5) is 0. The smallest absolute Gasteiger partial charge is 0.231 e. The molecule has 1 aliphatic rings. The Morgan fingerprint density at radius 3 is 2.74 bits per heavy atom. The van der Waals surface area contributed by atoms with Gasteiger partial charge in [-0.05, 0) is 30.3 Å². The van der Waals surface area contributed by atoms with Crippen molar-refractivity contribution in [3.05, 3.63) is 47.8 Å². The average Bonchev–Trinajstić information content (AvgIpc) is 2.85. The first-order valence-corrected chi connectivity index (χ1v) is 5.62. The highest BCUT2D eigenvalue weighted by Crippen LogP contribution is 2.35. The third-order valence-corrected chi connectivity index (χ3v) is 2.69. The van der Waals surface area contributed by atoms with Gasteiger partial charge in [0.15, 0.2) is 11.5 Å². The molecule has 0 unspecified atom stereocenters. The summed E-state index contributed by atoms with van der Waals surface area (Å²) in [6, 6.07) is 11.3. The fraction of sp³-hybridized carbons (Fsp3) is 0.0714. The van der Waals surface area contributed by atoms with Crippen molar-refractivity contribution in [2.24, 2.45) is 0 Å². The molecular formula is C14H9FN2O2. The maximum atomic E-state index is 13.3. The standard InChI is InChI=1S/C14H9FN2O2/c15-10-3-9(7-16)4-12(5-10)17-11-1-2-13-14(6-11)19-8-18-13/h1-6,17H,8H2. The number of hydrogen-bond donors (Lipinski definition) is 1. The summed E-state index contributed by atoms with van der Waals surface area (Å²) in [6.07, 6.45) is 0. The summed E-state index contributed by atoms with van der Waals surface area (Å²) in [5.74, 6) is 0.867. The first-order chi connectivity index (χ1) is 9.24. The molecule has 94 valence electrons. The van der Waals surface area contributed by atoms with Gasteiger partial charge in [-0.3, -0.25) is 0 Å². The Bertz CT molecular complexity index is 680. The van der Waals surface area contributed by atoms with Gasteiger partial charge in [0, 0.05) is 17.4 Å². The first kappa shape index (κ1) is 11.4. The summed E-state index contributed by atoms with van der Waals surface area (Å²) in [7, 11) is 0. The van der Waals surface area contributed by atoms with Crippen molar-refractivity contribution in [1.82, 2.24) is 0 Å². The molecule has 0 atom stereocenters. The molecule has 0 saturated carbocycles. The van der Waals surface area contributed by atoms with Gasteiger partial charge in [-0.15, -0.1) is 0 Å². The maximum Gasteiger partial charge on any atom is 0.231 e. The van der Waals surface area contributed by atoms with Crippen LogP contribution < -0.4 is 14.8 Å². The predicted octanol–water partition coefficient (Wildman–Crippen LogP) is 3.17. The van der Waals surface area contributed by atoms with Crippen LogP contribution in [0.5, 0.6) is 11.5 Å². The van der Waals surface area contributed by atoms with Crippen molar-refractivity contribution < 1.29 is 13.9 Å². The number of anilines is 2. The van der Waals surface area contributed by atoms with Crippen LogP contribution in [-0.2, 0) is 0 Å². The zero-order valence-corrected chi connectivity index (χ0v) is 9.81. The zero-order chi connectivity index (χ0) is 13.2. The van der Waals surface area contributed by atoms with Crippen LogP contribution in [0.2, 0.25) is 0 Å². The minimum atomic E-state index is -0.456. The molecule has 0 radical (unpaired) electrons. The van der Waals surface area contributed by atoms with Crippen LogP contribution in [0.25, 0.3) is 0 Å². The molecular weight excluding hydrogens is 247 g/mol. The van der Waals surface area contributed by atoms with E-state index in [2.05, 4.69) is 5.32 Å². The Morgan fingerprint density at radius 1 is 1.05 bits per heavy atom. The Balaban J connectivity index is 1.89. The number of fused-ring (bicyclic) bond motifs is 1. The molecule has 0 aliphatic carbocycles. The van der Waals surface area contributed by atoms with Crippen LogP contribution >= 0.6 is 0 Å². The van der Waals surface area contributed by atoms with Gasteiger partial charge in [-0.2, -0.15) is 5.26 Å². The predicted molar refractivity (Wildman–Crippen MR) is 67.0 cm³/mol. The van der Waals surface area contributed by atoms with E-state index in [1.54, 1.807) is 24.3 Å². The molecule has 1 aliphatic heterocycles. The van der Waals surface area contributed by atoms with Gasteiger partial charge in [0.05, 0.1) is 11.6 Å². The third-order valence-electron chi connectivity index (χ3n) is 2.69. The number of benzene rings is 2. The van der Waals surface area contributed by atoms with Crippen LogP contribution in [0.15, 0.2) is 36.4 Å². The highest BCUT2D eigenvalue weighted by molar-refractivity contribution is 5.65. The molecule has 19 heavy (non-hydrogen) atoms. The second-order valence-electron chi connectivity index (χ2n) is 4.03. The van der Waals surface area contributed by atoms with Gasteiger partial charge in [0.25, 0.3) is 0 Å². The minimum absolute atomic E-state index is 0.206. The van der Waals surface area contributed by atoms with E-state index in [0.29, 0.717) is 17.2 Å². The van der Waals surface area contributed by atoms with Crippen LogP contribution in [-0.4, -0.2) is 6.79 Å². The van der Waals surface area contributed by atoms with Crippen LogP contribution in [0.1, 0.15) is 5.56 Å². The molecule has 4 nitrogen and oxygen atoms in total. The summed E-state index contributed by atoms with van der Waals surface area (Å²) >= 11 is 0. The number of nitrogens with zero attached hydrogens (tertiary/aromatic N) is 1. The Hall–Kier alpha value is -2.74. The monoisotopic (exact) mass is 256 g/mol. The van der Waals surface area contributed by atoms with Crippen molar-refractivity contribution >= 4 is 11.4 Å². The molecule has 2 aromatic rings. The minimum Gasteiger partial charge on any atom is -0.454 e. The van der Waals surface area contributed by atoms with Crippen molar-refractivity contribution in [2.75, 3.05) is 12.1 Å². The quantitative estimate of drug-likeness (QED) is 0.896. The van der Waals surface area contributed by atoms with Crippen molar-refractivity contribution in [1.29, 1.82) is 5.26 Å². The lowest BCUT2D eigenvalue weighted by Crippen LogP contribution is -1.93. The van der Waals surface area contributed by atoms with Gasteiger partial charge in [0.2, 0.25) is 6.79 Å².